The Morgan fingerprint density at radius 3 is 2.13 bits per heavy atom. The molecule has 0 radical (unpaired) electrons. The maximum absolute atomic E-state index is 13.5. The van der Waals surface area contributed by atoms with E-state index in [-0.39, 0.29) is 17.6 Å². The predicted molar refractivity (Wildman–Crippen MR) is 112 cm³/mol. The number of imide groups is 1. The summed E-state index contributed by atoms with van der Waals surface area (Å²) in [6.07, 6.45) is -0.905. The molecule has 150 valence electrons. The van der Waals surface area contributed by atoms with Gasteiger partial charge in [-0.1, -0.05) is 48.0 Å². The molecule has 0 aliphatic carbocycles. The molecule has 1 N–H and O–H groups in total. The van der Waals surface area contributed by atoms with Gasteiger partial charge in [0, 0.05) is 0 Å². The van der Waals surface area contributed by atoms with Crippen molar-refractivity contribution in [3.63, 3.8) is 0 Å². The molecule has 3 atom stereocenters. The molecule has 2 aliphatic heterocycles. The number of hydrogen-bond acceptors (Lipinski definition) is 5. The molecule has 0 bridgehead atoms. The van der Waals surface area contributed by atoms with Crippen LogP contribution in [0.15, 0.2) is 78.9 Å². The lowest BCUT2D eigenvalue weighted by molar-refractivity contribution is -0.126. The van der Waals surface area contributed by atoms with Crippen molar-refractivity contribution in [2.75, 3.05) is 9.96 Å². The van der Waals surface area contributed by atoms with Gasteiger partial charge in [0.05, 0.1) is 17.4 Å². The van der Waals surface area contributed by atoms with Crippen LogP contribution < -0.4 is 9.96 Å². The number of para-hydroxylation sites is 1. The molecule has 0 unspecified atom stereocenters. The molecule has 0 saturated carbocycles. The van der Waals surface area contributed by atoms with Gasteiger partial charge in [-0.15, -0.1) is 0 Å². The monoisotopic (exact) mass is 400 g/mol. The number of hydroxylamine groups is 1. The van der Waals surface area contributed by atoms with Crippen molar-refractivity contribution >= 4 is 23.2 Å². The number of amides is 2. The fourth-order valence-electron chi connectivity index (χ4n) is 4.17. The Morgan fingerprint density at radius 1 is 0.800 bits per heavy atom. The van der Waals surface area contributed by atoms with Crippen molar-refractivity contribution in [3.05, 3.63) is 90.0 Å². The van der Waals surface area contributed by atoms with E-state index in [4.69, 9.17) is 4.84 Å². The Morgan fingerprint density at radius 2 is 1.47 bits per heavy atom. The number of rotatable bonds is 3. The van der Waals surface area contributed by atoms with Crippen LogP contribution in [0.25, 0.3) is 0 Å². The molecule has 3 aromatic carbocycles. The maximum Gasteiger partial charge on any atom is 0.266 e. The predicted octanol–water partition coefficient (Wildman–Crippen LogP) is 3.75. The van der Waals surface area contributed by atoms with Crippen LogP contribution in [0, 0.1) is 12.8 Å². The molecule has 30 heavy (non-hydrogen) atoms. The number of anilines is 2. The van der Waals surface area contributed by atoms with E-state index in [0.29, 0.717) is 5.69 Å². The molecular weight excluding hydrogens is 380 g/mol. The van der Waals surface area contributed by atoms with E-state index in [1.54, 1.807) is 41.5 Å². The number of benzene rings is 3. The fraction of sp³-hybridized carbons (Fsp3) is 0.167. The highest BCUT2D eigenvalue weighted by molar-refractivity contribution is 6.23. The van der Waals surface area contributed by atoms with Crippen molar-refractivity contribution < 1.29 is 19.5 Å². The summed E-state index contributed by atoms with van der Waals surface area (Å²) in [5.74, 6) is -1.21. The summed E-state index contributed by atoms with van der Waals surface area (Å²) in [5.41, 5.74) is 3.14. The number of carbonyl (C=O) groups excluding carboxylic acids is 2. The lowest BCUT2D eigenvalue weighted by atomic mass is 9.90. The van der Waals surface area contributed by atoms with Gasteiger partial charge in [-0.3, -0.25) is 14.4 Å². The lowest BCUT2D eigenvalue weighted by Gasteiger charge is -2.28. The number of fused-ring (bicyclic) bond motifs is 1. The summed E-state index contributed by atoms with van der Waals surface area (Å²) in [4.78, 5) is 34.0. The van der Waals surface area contributed by atoms with Crippen LogP contribution in [0.4, 0.5) is 11.4 Å². The van der Waals surface area contributed by atoms with Gasteiger partial charge in [0.2, 0.25) is 5.91 Å². The molecule has 2 aliphatic rings. The normalized spacial score (nSPS) is 23.2. The summed E-state index contributed by atoms with van der Waals surface area (Å²) in [6.45, 7) is 1.95. The molecule has 3 aromatic rings. The number of hydrogen-bond donors (Lipinski definition) is 1. The van der Waals surface area contributed by atoms with Gasteiger partial charge in [-0.05, 0) is 48.9 Å². The number of aryl methyl sites for hydroxylation is 1. The average Bonchev–Trinajstić information content (AvgIpc) is 3.27. The summed E-state index contributed by atoms with van der Waals surface area (Å²) < 4.78 is 0. The zero-order chi connectivity index (χ0) is 20.8. The number of nitrogens with zero attached hydrogens (tertiary/aromatic N) is 2. The molecule has 0 aromatic heterocycles. The molecule has 2 fully saturated rings. The first-order valence-electron chi connectivity index (χ1n) is 9.79. The topological polar surface area (TPSA) is 70.1 Å². The highest BCUT2D eigenvalue weighted by atomic mass is 16.7. The number of aromatic hydroxyl groups is 1. The van der Waals surface area contributed by atoms with Crippen LogP contribution in [-0.2, 0) is 14.4 Å². The second kappa shape index (κ2) is 7.00. The minimum absolute atomic E-state index is 0.135. The van der Waals surface area contributed by atoms with Crippen molar-refractivity contribution in [1.29, 1.82) is 0 Å². The molecular formula is C24H20N2O4. The Hall–Kier alpha value is -3.64. The molecule has 2 saturated heterocycles. The molecule has 0 spiro atoms. The van der Waals surface area contributed by atoms with E-state index in [0.717, 1.165) is 16.8 Å². The van der Waals surface area contributed by atoms with E-state index in [9.17, 15) is 14.7 Å². The van der Waals surface area contributed by atoms with Crippen molar-refractivity contribution in [1.82, 2.24) is 0 Å². The van der Waals surface area contributed by atoms with E-state index in [1.807, 2.05) is 49.4 Å². The lowest BCUT2D eigenvalue weighted by Crippen LogP contribution is -2.37. The third-order valence-corrected chi connectivity index (χ3v) is 5.65. The third kappa shape index (κ3) is 2.84. The van der Waals surface area contributed by atoms with Gasteiger partial charge in [-0.25, -0.2) is 9.96 Å². The molecule has 2 heterocycles. The van der Waals surface area contributed by atoms with Crippen molar-refractivity contribution in [3.8, 4) is 5.75 Å². The van der Waals surface area contributed by atoms with Crippen LogP contribution in [0.2, 0.25) is 0 Å². The molecule has 5 rings (SSSR count). The average molecular weight is 400 g/mol. The van der Waals surface area contributed by atoms with Crippen LogP contribution in [0.5, 0.6) is 5.75 Å². The van der Waals surface area contributed by atoms with Gasteiger partial charge in [0.1, 0.15) is 11.7 Å². The first-order chi connectivity index (χ1) is 14.5. The number of phenolic OH excluding ortho intramolecular Hbond substituents is 1. The van der Waals surface area contributed by atoms with Crippen LogP contribution >= 0.6 is 0 Å². The van der Waals surface area contributed by atoms with E-state index in [1.165, 1.54) is 4.90 Å². The highest BCUT2D eigenvalue weighted by Crippen LogP contribution is 2.47. The van der Waals surface area contributed by atoms with E-state index in [2.05, 4.69) is 0 Å². The quantitative estimate of drug-likeness (QED) is 0.678. The first kappa shape index (κ1) is 18.4. The van der Waals surface area contributed by atoms with E-state index < -0.39 is 18.1 Å². The Bertz CT molecular complexity index is 1100. The number of carbonyl (C=O) groups is 2. The third-order valence-electron chi connectivity index (χ3n) is 5.65. The minimum atomic E-state index is -0.905. The Balaban J connectivity index is 1.58. The standard InChI is InChI=1S/C24H20N2O4/c1-15-7-11-17(12-8-15)25-23(28)20-21(16-9-13-19(27)14-10-16)26(30-22(20)24(25)29)18-5-3-2-4-6-18/h2-14,20-22,27H,1H3/t20-,21-,22+/m1/s1. The SMILES string of the molecule is Cc1ccc(N2C(=O)[C@H]3[C@H](ON(c4ccccc4)[C@@H]3c3ccc(O)cc3)C2=O)cc1. The molecule has 6 nitrogen and oxygen atoms in total. The van der Waals surface area contributed by atoms with Crippen LogP contribution in [0.1, 0.15) is 17.2 Å². The van der Waals surface area contributed by atoms with Gasteiger partial charge in [0.15, 0.2) is 6.10 Å². The minimum Gasteiger partial charge on any atom is -0.508 e. The highest BCUT2D eigenvalue weighted by Gasteiger charge is 2.60. The van der Waals surface area contributed by atoms with Gasteiger partial charge in [0.25, 0.3) is 5.91 Å². The smallest absolute Gasteiger partial charge is 0.266 e. The van der Waals surface area contributed by atoms with Crippen LogP contribution in [0.3, 0.4) is 0 Å². The number of phenols is 1. The van der Waals surface area contributed by atoms with Gasteiger partial charge >= 0.3 is 0 Å². The summed E-state index contributed by atoms with van der Waals surface area (Å²) in [6, 6.07) is 22.9. The van der Waals surface area contributed by atoms with Crippen molar-refractivity contribution in [2.24, 2.45) is 5.92 Å². The first-order valence-corrected chi connectivity index (χ1v) is 9.79. The molecule has 6 heteroatoms. The Labute approximate surface area is 173 Å². The summed E-state index contributed by atoms with van der Waals surface area (Å²) >= 11 is 0. The Kier molecular flexibility index (Phi) is 4.29. The molecule has 2 amide bonds. The summed E-state index contributed by atoms with van der Waals surface area (Å²) in [5, 5.41) is 11.3. The van der Waals surface area contributed by atoms with Crippen LogP contribution in [-0.4, -0.2) is 23.0 Å². The second-order valence-corrected chi connectivity index (χ2v) is 7.60. The fourth-order valence-corrected chi connectivity index (χ4v) is 4.17. The zero-order valence-corrected chi connectivity index (χ0v) is 16.3. The maximum atomic E-state index is 13.5. The van der Waals surface area contributed by atoms with E-state index >= 15 is 0 Å². The van der Waals surface area contributed by atoms with Crippen molar-refractivity contribution in [2.45, 2.75) is 19.1 Å². The summed E-state index contributed by atoms with van der Waals surface area (Å²) in [7, 11) is 0. The largest absolute Gasteiger partial charge is 0.508 e. The van der Waals surface area contributed by atoms with Gasteiger partial charge in [-0.2, -0.15) is 0 Å². The zero-order valence-electron chi connectivity index (χ0n) is 16.3. The second-order valence-electron chi connectivity index (χ2n) is 7.60. The van der Waals surface area contributed by atoms with Gasteiger partial charge < -0.3 is 5.11 Å².